The Morgan fingerprint density at radius 2 is 1.41 bits per heavy atom. The highest BCUT2D eigenvalue weighted by Crippen LogP contribution is 2.28. The van der Waals surface area contributed by atoms with Gasteiger partial charge in [-0.05, 0) is 42.6 Å². The number of likely N-dealkylation sites (tertiary alicyclic amines) is 1. The molecule has 32 heavy (non-hydrogen) atoms. The number of halogens is 2. The molecule has 166 valence electrons. The summed E-state index contributed by atoms with van der Waals surface area (Å²) >= 11 is 12.8. The highest BCUT2D eigenvalue weighted by Gasteiger charge is 2.30. The average Bonchev–Trinajstić information content (AvgIpc) is 2.82. The third-order valence-electron chi connectivity index (χ3n) is 6.04. The third kappa shape index (κ3) is 5.92. The number of amides is 1. The maximum atomic E-state index is 13.7. The van der Waals surface area contributed by atoms with E-state index in [-0.39, 0.29) is 11.8 Å². The number of carbonyl (C=O) groups excluding carboxylic acids is 1. The Labute approximate surface area is 200 Å². The number of rotatable bonds is 7. The Hall–Kier alpha value is -2.33. The van der Waals surface area contributed by atoms with Gasteiger partial charge >= 0.3 is 0 Å². The van der Waals surface area contributed by atoms with Crippen LogP contribution in [0.25, 0.3) is 0 Å². The van der Waals surface area contributed by atoms with Crippen LogP contribution in [0.15, 0.2) is 78.9 Å². The molecule has 1 atom stereocenters. The molecule has 1 amide bonds. The molecule has 0 bridgehead atoms. The first-order valence-corrected chi connectivity index (χ1v) is 11.9. The number of hydrogen-bond donors (Lipinski definition) is 0. The number of benzene rings is 3. The molecule has 0 spiro atoms. The molecule has 0 saturated carbocycles. The molecule has 0 N–H and O–H groups in total. The summed E-state index contributed by atoms with van der Waals surface area (Å²) in [4.78, 5) is 18.0. The van der Waals surface area contributed by atoms with Crippen LogP contribution < -0.4 is 0 Å². The van der Waals surface area contributed by atoms with E-state index in [9.17, 15) is 4.79 Å². The normalized spacial score (nSPS) is 16.6. The molecule has 1 aliphatic rings. The minimum atomic E-state index is -0.0302. The standard InChI is InChI=1S/C27H28Cl2N2O/c28-25-14-7-15-26(29)24(25)20-30-16-8-13-23(19-30)27(32)31(17-21-9-3-1-4-10-21)18-22-11-5-2-6-12-22/h1-7,9-12,14-15,23H,8,13,16-20H2/t23-/m0/s1. The van der Waals surface area contributed by atoms with Crippen molar-refractivity contribution in [1.29, 1.82) is 0 Å². The Bertz CT molecular complexity index is 965. The molecule has 1 saturated heterocycles. The Morgan fingerprint density at radius 1 is 0.844 bits per heavy atom. The van der Waals surface area contributed by atoms with Crippen LogP contribution in [0.5, 0.6) is 0 Å². The van der Waals surface area contributed by atoms with Crippen LogP contribution in [0.1, 0.15) is 29.5 Å². The van der Waals surface area contributed by atoms with E-state index in [1.807, 2.05) is 59.5 Å². The number of nitrogens with zero attached hydrogens (tertiary/aromatic N) is 2. The van der Waals surface area contributed by atoms with Gasteiger partial charge in [0.15, 0.2) is 0 Å². The summed E-state index contributed by atoms with van der Waals surface area (Å²) in [6, 6.07) is 26.0. The van der Waals surface area contributed by atoms with Crippen LogP contribution in [0.4, 0.5) is 0 Å². The molecule has 0 aromatic heterocycles. The predicted octanol–water partition coefficient (Wildman–Crippen LogP) is 6.43. The lowest BCUT2D eigenvalue weighted by molar-refractivity contribution is -0.138. The van der Waals surface area contributed by atoms with E-state index in [1.54, 1.807) is 0 Å². The van der Waals surface area contributed by atoms with Crippen LogP contribution in [0.3, 0.4) is 0 Å². The zero-order valence-corrected chi connectivity index (χ0v) is 19.6. The van der Waals surface area contributed by atoms with Crippen LogP contribution in [-0.2, 0) is 24.4 Å². The fourth-order valence-electron chi connectivity index (χ4n) is 4.39. The quantitative estimate of drug-likeness (QED) is 0.400. The molecular formula is C27H28Cl2N2O. The second-order valence-electron chi connectivity index (χ2n) is 8.44. The summed E-state index contributed by atoms with van der Waals surface area (Å²) in [5.41, 5.74) is 3.23. The fraction of sp³-hybridized carbons (Fsp3) is 0.296. The van der Waals surface area contributed by atoms with Crippen LogP contribution in [-0.4, -0.2) is 28.8 Å². The summed E-state index contributed by atoms with van der Waals surface area (Å²) in [5, 5.41) is 1.36. The molecule has 0 unspecified atom stereocenters. The van der Waals surface area contributed by atoms with Gasteiger partial charge in [-0.25, -0.2) is 0 Å². The van der Waals surface area contributed by atoms with Crippen LogP contribution in [0, 0.1) is 5.92 Å². The Kier molecular flexibility index (Phi) is 7.85. The van der Waals surface area contributed by atoms with Crippen molar-refractivity contribution in [2.24, 2.45) is 5.92 Å². The smallest absolute Gasteiger partial charge is 0.227 e. The van der Waals surface area contributed by atoms with E-state index in [1.165, 1.54) is 0 Å². The molecule has 0 radical (unpaired) electrons. The average molecular weight is 467 g/mol. The first-order valence-electron chi connectivity index (χ1n) is 11.1. The second-order valence-corrected chi connectivity index (χ2v) is 9.25. The van der Waals surface area contributed by atoms with Crippen molar-refractivity contribution in [2.75, 3.05) is 13.1 Å². The van der Waals surface area contributed by atoms with Gasteiger partial charge in [0.2, 0.25) is 5.91 Å². The highest BCUT2D eigenvalue weighted by molar-refractivity contribution is 6.35. The van der Waals surface area contributed by atoms with Gasteiger partial charge in [0.05, 0.1) is 5.92 Å². The topological polar surface area (TPSA) is 23.6 Å². The summed E-state index contributed by atoms with van der Waals surface area (Å²) in [5.74, 6) is 0.185. The number of carbonyl (C=O) groups is 1. The van der Waals surface area contributed by atoms with E-state index in [4.69, 9.17) is 23.2 Å². The van der Waals surface area contributed by atoms with Crippen molar-refractivity contribution in [1.82, 2.24) is 9.80 Å². The highest BCUT2D eigenvalue weighted by atomic mass is 35.5. The van der Waals surface area contributed by atoms with Crippen molar-refractivity contribution < 1.29 is 4.79 Å². The molecule has 1 heterocycles. The monoisotopic (exact) mass is 466 g/mol. The van der Waals surface area contributed by atoms with Crippen LogP contribution >= 0.6 is 23.2 Å². The summed E-state index contributed by atoms with van der Waals surface area (Å²) in [7, 11) is 0. The van der Waals surface area contributed by atoms with Crippen LogP contribution in [0.2, 0.25) is 10.0 Å². The third-order valence-corrected chi connectivity index (χ3v) is 6.75. The van der Waals surface area contributed by atoms with Crippen molar-refractivity contribution in [3.63, 3.8) is 0 Å². The van der Waals surface area contributed by atoms with Gasteiger partial charge < -0.3 is 4.90 Å². The van der Waals surface area contributed by atoms with Crippen molar-refractivity contribution in [2.45, 2.75) is 32.5 Å². The zero-order valence-electron chi connectivity index (χ0n) is 18.1. The summed E-state index contributed by atoms with van der Waals surface area (Å²) < 4.78 is 0. The van der Waals surface area contributed by atoms with Gasteiger partial charge in [-0.1, -0.05) is 89.9 Å². The molecule has 1 aliphatic heterocycles. The SMILES string of the molecule is O=C([C@H]1CCCN(Cc2c(Cl)cccc2Cl)C1)N(Cc1ccccc1)Cc1ccccc1. The second kappa shape index (κ2) is 11.0. The van der Waals surface area contributed by atoms with Crippen molar-refractivity contribution in [3.8, 4) is 0 Å². The lowest BCUT2D eigenvalue weighted by Gasteiger charge is -2.35. The largest absolute Gasteiger partial charge is 0.334 e. The Morgan fingerprint density at radius 3 is 1.97 bits per heavy atom. The maximum absolute atomic E-state index is 13.7. The van der Waals surface area contributed by atoms with E-state index in [0.29, 0.717) is 29.7 Å². The molecule has 3 aromatic carbocycles. The molecule has 1 fully saturated rings. The fourth-order valence-corrected chi connectivity index (χ4v) is 4.90. The lowest BCUT2D eigenvalue weighted by Crippen LogP contribution is -2.44. The van der Waals surface area contributed by atoms with E-state index in [0.717, 1.165) is 42.6 Å². The maximum Gasteiger partial charge on any atom is 0.227 e. The minimum absolute atomic E-state index is 0.0302. The van der Waals surface area contributed by atoms with Gasteiger partial charge in [0.25, 0.3) is 0 Å². The minimum Gasteiger partial charge on any atom is -0.334 e. The summed E-state index contributed by atoms with van der Waals surface area (Å²) in [6.07, 6.45) is 1.90. The lowest BCUT2D eigenvalue weighted by atomic mass is 9.95. The predicted molar refractivity (Wildman–Crippen MR) is 132 cm³/mol. The van der Waals surface area contributed by atoms with Gasteiger partial charge in [0.1, 0.15) is 0 Å². The molecule has 0 aliphatic carbocycles. The first kappa shape index (κ1) is 22.8. The molecular weight excluding hydrogens is 439 g/mol. The number of hydrogen-bond acceptors (Lipinski definition) is 2. The van der Waals surface area contributed by atoms with Gasteiger partial charge in [0, 0.05) is 41.8 Å². The molecule has 3 aromatic rings. The number of piperidine rings is 1. The van der Waals surface area contributed by atoms with E-state index < -0.39 is 0 Å². The Balaban J connectivity index is 1.49. The molecule has 5 heteroatoms. The van der Waals surface area contributed by atoms with Crippen molar-refractivity contribution in [3.05, 3.63) is 106 Å². The van der Waals surface area contributed by atoms with Crippen molar-refractivity contribution >= 4 is 29.1 Å². The first-order chi connectivity index (χ1) is 15.6. The summed E-state index contributed by atoms with van der Waals surface area (Å²) in [6.45, 7) is 3.56. The molecule has 4 rings (SSSR count). The zero-order chi connectivity index (χ0) is 22.3. The van der Waals surface area contributed by atoms with Gasteiger partial charge in [-0.15, -0.1) is 0 Å². The van der Waals surface area contributed by atoms with E-state index >= 15 is 0 Å². The van der Waals surface area contributed by atoms with Gasteiger partial charge in [-0.3, -0.25) is 9.69 Å². The van der Waals surface area contributed by atoms with Gasteiger partial charge in [-0.2, -0.15) is 0 Å². The molecule has 3 nitrogen and oxygen atoms in total. The van der Waals surface area contributed by atoms with E-state index in [2.05, 4.69) is 29.2 Å².